The monoisotopic (exact) mass is 325 g/mol. The van der Waals surface area contributed by atoms with Gasteiger partial charge in [-0.25, -0.2) is 0 Å². The van der Waals surface area contributed by atoms with Crippen LogP contribution in [0.3, 0.4) is 0 Å². The van der Waals surface area contributed by atoms with E-state index in [0.29, 0.717) is 18.8 Å². The van der Waals surface area contributed by atoms with Gasteiger partial charge >= 0.3 is 0 Å². The largest absolute Gasteiger partial charge is 0.334 e. The molecule has 2 rings (SSSR count). The number of amides is 1. The summed E-state index contributed by atoms with van der Waals surface area (Å²) in [4.78, 5) is 14.1. The van der Waals surface area contributed by atoms with Gasteiger partial charge in [0.2, 0.25) is 0 Å². The highest BCUT2D eigenvalue weighted by atomic mass is 79.9. The van der Waals surface area contributed by atoms with Crippen LogP contribution in [-0.4, -0.2) is 37.4 Å². The molecule has 2 heterocycles. The third-order valence-electron chi connectivity index (χ3n) is 2.97. The summed E-state index contributed by atoms with van der Waals surface area (Å²) in [6.45, 7) is 3.13. The highest BCUT2D eigenvalue weighted by Gasteiger charge is 2.20. The number of carbonyl (C=O) groups is 1. The molecule has 0 saturated carbocycles. The second-order valence-corrected chi connectivity index (χ2v) is 5.12. The van der Waals surface area contributed by atoms with Gasteiger partial charge in [0, 0.05) is 26.8 Å². The van der Waals surface area contributed by atoms with Crippen LogP contribution in [0.25, 0.3) is 0 Å². The highest BCUT2D eigenvalue weighted by Crippen LogP contribution is 2.18. The van der Waals surface area contributed by atoms with E-state index in [2.05, 4.69) is 26.1 Å². The fourth-order valence-electron chi connectivity index (χ4n) is 1.87. The Morgan fingerprint density at radius 1 is 1.47 bits per heavy atom. The lowest BCUT2D eigenvalue weighted by molar-refractivity contribution is 0.0768. The third kappa shape index (κ3) is 2.70. The van der Waals surface area contributed by atoms with Crippen LogP contribution in [0, 0.1) is 0 Å². The summed E-state index contributed by atoms with van der Waals surface area (Å²) in [6.07, 6.45) is 3.37. The first-order valence-corrected chi connectivity index (χ1v) is 6.77. The molecular formula is C12H16BrN5O. The summed E-state index contributed by atoms with van der Waals surface area (Å²) < 4.78 is 4.17. The number of aryl methyl sites for hydroxylation is 2. The molecule has 0 aromatic carbocycles. The van der Waals surface area contributed by atoms with E-state index in [1.54, 1.807) is 33.7 Å². The summed E-state index contributed by atoms with van der Waals surface area (Å²) in [5.74, 6) is -0.0626. The van der Waals surface area contributed by atoms with E-state index in [4.69, 9.17) is 0 Å². The number of hydrogen-bond donors (Lipinski definition) is 0. The number of carbonyl (C=O) groups excluding carboxylic acids is 1. The molecule has 6 nitrogen and oxygen atoms in total. The smallest absolute Gasteiger partial charge is 0.273 e. The predicted octanol–water partition coefficient (Wildman–Crippen LogP) is 1.67. The van der Waals surface area contributed by atoms with Crippen molar-refractivity contribution in [3.8, 4) is 0 Å². The number of rotatable bonds is 4. The molecule has 0 aliphatic rings. The Morgan fingerprint density at radius 3 is 2.79 bits per heavy atom. The zero-order chi connectivity index (χ0) is 14.0. The lowest BCUT2D eigenvalue weighted by Crippen LogP contribution is -2.29. The van der Waals surface area contributed by atoms with E-state index in [1.165, 1.54) is 0 Å². The lowest BCUT2D eigenvalue weighted by atomic mass is 10.3. The lowest BCUT2D eigenvalue weighted by Gasteiger charge is -2.18. The minimum atomic E-state index is -0.0626. The Morgan fingerprint density at radius 2 is 2.21 bits per heavy atom. The van der Waals surface area contributed by atoms with Gasteiger partial charge < -0.3 is 4.90 Å². The zero-order valence-electron chi connectivity index (χ0n) is 11.2. The summed E-state index contributed by atoms with van der Waals surface area (Å²) in [5, 5.41) is 8.25. The molecule has 0 aliphatic carbocycles. The van der Waals surface area contributed by atoms with Gasteiger partial charge in [-0.3, -0.25) is 14.2 Å². The molecule has 0 saturated heterocycles. The number of hydrogen-bond acceptors (Lipinski definition) is 3. The van der Waals surface area contributed by atoms with Gasteiger partial charge in [-0.2, -0.15) is 10.2 Å². The molecule has 19 heavy (non-hydrogen) atoms. The van der Waals surface area contributed by atoms with E-state index >= 15 is 0 Å². The Kier molecular flexibility index (Phi) is 4.04. The Labute approximate surface area is 120 Å². The molecule has 1 amide bonds. The average molecular weight is 326 g/mol. The van der Waals surface area contributed by atoms with Gasteiger partial charge in [0.25, 0.3) is 5.91 Å². The van der Waals surface area contributed by atoms with Gasteiger partial charge in [-0.15, -0.1) is 0 Å². The molecule has 0 bridgehead atoms. The van der Waals surface area contributed by atoms with E-state index in [-0.39, 0.29) is 5.91 Å². The van der Waals surface area contributed by atoms with Crippen LogP contribution in [0.15, 0.2) is 22.9 Å². The molecule has 0 N–H and O–H groups in total. The second kappa shape index (κ2) is 5.56. The number of halogens is 1. The van der Waals surface area contributed by atoms with Crippen molar-refractivity contribution >= 4 is 21.8 Å². The molecule has 0 aliphatic heterocycles. The van der Waals surface area contributed by atoms with Crippen LogP contribution in [0.1, 0.15) is 23.1 Å². The van der Waals surface area contributed by atoms with Crippen molar-refractivity contribution in [3.63, 3.8) is 0 Å². The van der Waals surface area contributed by atoms with Crippen molar-refractivity contribution in [3.05, 3.63) is 34.3 Å². The van der Waals surface area contributed by atoms with E-state index in [9.17, 15) is 4.79 Å². The summed E-state index contributed by atoms with van der Waals surface area (Å²) in [7, 11) is 3.63. The van der Waals surface area contributed by atoms with Crippen molar-refractivity contribution in [2.75, 3.05) is 7.05 Å². The average Bonchev–Trinajstić information content (AvgIpc) is 2.95. The fraction of sp³-hybridized carbons (Fsp3) is 0.417. The Balaban J connectivity index is 2.19. The third-order valence-corrected chi connectivity index (χ3v) is 3.55. The van der Waals surface area contributed by atoms with Crippen LogP contribution in [-0.2, 0) is 20.1 Å². The fourth-order valence-corrected chi connectivity index (χ4v) is 2.33. The first kappa shape index (κ1) is 13.8. The quantitative estimate of drug-likeness (QED) is 0.859. The zero-order valence-corrected chi connectivity index (χ0v) is 12.8. The van der Waals surface area contributed by atoms with Crippen molar-refractivity contribution in [1.82, 2.24) is 24.5 Å². The van der Waals surface area contributed by atoms with Gasteiger partial charge in [0.05, 0.1) is 22.9 Å². The van der Waals surface area contributed by atoms with Crippen LogP contribution in [0.4, 0.5) is 0 Å². The molecule has 0 unspecified atom stereocenters. The van der Waals surface area contributed by atoms with Gasteiger partial charge in [0.1, 0.15) is 5.69 Å². The maximum absolute atomic E-state index is 12.4. The summed E-state index contributed by atoms with van der Waals surface area (Å²) in [6, 6.07) is 1.90. The Bertz CT molecular complexity index is 589. The molecular weight excluding hydrogens is 310 g/mol. The first-order valence-electron chi connectivity index (χ1n) is 5.98. The van der Waals surface area contributed by atoms with Crippen molar-refractivity contribution in [2.24, 2.45) is 7.05 Å². The van der Waals surface area contributed by atoms with Gasteiger partial charge in [-0.05, 0) is 28.9 Å². The van der Waals surface area contributed by atoms with Crippen molar-refractivity contribution < 1.29 is 4.79 Å². The Hall–Kier alpha value is -1.63. The van der Waals surface area contributed by atoms with Gasteiger partial charge in [-0.1, -0.05) is 0 Å². The second-order valence-electron chi connectivity index (χ2n) is 4.26. The van der Waals surface area contributed by atoms with E-state index < -0.39 is 0 Å². The molecule has 0 fully saturated rings. The maximum atomic E-state index is 12.4. The minimum absolute atomic E-state index is 0.0626. The predicted molar refractivity (Wildman–Crippen MR) is 74.6 cm³/mol. The van der Waals surface area contributed by atoms with Crippen LogP contribution in [0.5, 0.6) is 0 Å². The molecule has 0 spiro atoms. The van der Waals surface area contributed by atoms with E-state index in [1.807, 2.05) is 20.0 Å². The summed E-state index contributed by atoms with van der Waals surface area (Å²) in [5.41, 5.74) is 1.56. The van der Waals surface area contributed by atoms with E-state index in [0.717, 1.165) is 10.2 Å². The van der Waals surface area contributed by atoms with Gasteiger partial charge in [0.15, 0.2) is 0 Å². The van der Waals surface area contributed by atoms with Crippen LogP contribution in [0.2, 0.25) is 0 Å². The molecule has 2 aromatic heterocycles. The topological polar surface area (TPSA) is 56.0 Å². The SMILES string of the molecule is CCn1ncc(Br)c1C(=O)N(C)Cc1ccnn1C. The molecule has 0 radical (unpaired) electrons. The number of nitrogens with zero attached hydrogens (tertiary/aromatic N) is 5. The summed E-state index contributed by atoms with van der Waals surface area (Å²) >= 11 is 3.37. The minimum Gasteiger partial charge on any atom is -0.334 e. The van der Waals surface area contributed by atoms with Crippen LogP contribution < -0.4 is 0 Å². The molecule has 0 atom stereocenters. The first-order chi connectivity index (χ1) is 9.04. The number of aromatic nitrogens is 4. The normalized spacial score (nSPS) is 10.7. The maximum Gasteiger partial charge on any atom is 0.273 e. The highest BCUT2D eigenvalue weighted by molar-refractivity contribution is 9.10. The standard InChI is InChI=1S/C12H16BrN5O/c1-4-18-11(10(13)7-15-18)12(19)16(2)8-9-5-6-14-17(9)3/h5-7H,4,8H2,1-3H3. The van der Waals surface area contributed by atoms with Crippen molar-refractivity contribution in [1.29, 1.82) is 0 Å². The van der Waals surface area contributed by atoms with Crippen molar-refractivity contribution in [2.45, 2.75) is 20.0 Å². The molecule has 7 heteroatoms. The van der Waals surface area contributed by atoms with Crippen LogP contribution >= 0.6 is 15.9 Å². The molecule has 2 aromatic rings. The molecule has 102 valence electrons.